The topological polar surface area (TPSA) is 61.8 Å². The molecule has 1 aliphatic heterocycles. The number of rotatable bonds is 7. The van der Waals surface area contributed by atoms with Crippen molar-refractivity contribution in [2.24, 2.45) is 0 Å². The van der Waals surface area contributed by atoms with Gasteiger partial charge in [-0.1, -0.05) is 30.3 Å². The molecule has 5 heteroatoms. The number of carboxylic acids is 1. The first kappa shape index (κ1) is 17.3. The number of hydrogen-bond acceptors (Lipinski definition) is 4. The molecule has 0 unspecified atom stereocenters. The summed E-state index contributed by atoms with van der Waals surface area (Å²) in [5.41, 5.74) is 3.58. The molecule has 0 aromatic heterocycles. The van der Waals surface area contributed by atoms with Crippen LogP contribution in [0.5, 0.6) is 5.75 Å². The van der Waals surface area contributed by atoms with E-state index < -0.39 is 5.97 Å². The molecule has 5 nitrogen and oxygen atoms in total. The molecule has 1 saturated heterocycles. The molecule has 25 heavy (non-hydrogen) atoms. The summed E-state index contributed by atoms with van der Waals surface area (Å²) in [6.07, 6.45) is 1.72. The Hall–Kier alpha value is -2.53. The Morgan fingerprint density at radius 3 is 2.48 bits per heavy atom. The number of ether oxygens (including phenoxy) is 1. The minimum Gasteiger partial charge on any atom is -0.482 e. The number of carboxylic acid groups (broad SMARTS) is 1. The molecule has 0 aliphatic carbocycles. The first-order chi connectivity index (χ1) is 12.2. The van der Waals surface area contributed by atoms with Crippen molar-refractivity contribution in [3.8, 4) is 5.75 Å². The molecule has 1 aliphatic rings. The van der Waals surface area contributed by atoms with Crippen LogP contribution in [0, 0.1) is 0 Å². The van der Waals surface area contributed by atoms with E-state index in [-0.39, 0.29) is 6.61 Å². The molecule has 132 valence electrons. The van der Waals surface area contributed by atoms with Crippen LogP contribution in [0.3, 0.4) is 0 Å². The lowest BCUT2D eigenvalue weighted by Crippen LogP contribution is -2.43. The maximum absolute atomic E-state index is 10.7. The number of para-hydroxylation sites is 1. The highest BCUT2D eigenvalue weighted by Gasteiger charge is 2.10. The van der Waals surface area contributed by atoms with Crippen LogP contribution in [-0.2, 0) is 17.6 Å². The van der Waals surface area contributed by atoms with Crippen molar-refractivity contribution in [1.29, 1.82) is 0 Å². The van der Waals surface area contributed by atoms with Gasteiger partial charge in [0.15, 0.2) is 6.61 Å². The van der Waals surface area contributed by atoms with Crippen LogP contribution in [0.15, 0.2) is 48.5 Å². The van der Waals surface area contributed by atoms with Crippen LogP contribution < -0.4 is 15.0 Å². The highest BCUT2D eigenvalue weighted by atomic mass is 16.5. The monoisotopic (exact) mass is 340 g/mol. The van der Waals surface area contributed by atoms with Gasteiger partial charge in [-0.05, 0) is 42.2 Å². The van der Waals surface area contributed by atoms with Gasteiger partial charge in [0.05, 0.1) is 0 Å². The third-order valence-corrected chi connectivity index (χ3v) is 4.43. The molecule has 0 spiro atoms. The Labute approximate surface area is 148 Å². The molecule has 1 fully saturated rings. The summed E-state index contributed by atoms with van der Waals surface area (Å²) in [7, 11) is 0. The Morgan fingerprint density at radius 2 is 1.76 bits per heavy atom. The smallest absolute Gasteiger partial charge is 0.341 e. The lowest BCUT2D eigenvalue weighted by Gasteiger charge is -2.29. The van der Waals surface area contributed by atoms with E-state index in [9.17, 15) is 4.79 Å². The van der Waals surface area contributed by atoms with Crippen LogP contribution in [0.1, 0.15) is 11.1 Å². The van der Waals surface area contributed by atoms with E-state index in [4.69, 9.17) is 9.84 Å². The van der Waals surface area contributed by atoms with Gasteiger partial charge >= 0.3 is 5.97 Å². The standard InChI is InChI=1S/C20H24N2O3/c23-20(24)15-25-19-4-2-1-3-17(19)8-5-16-6-9-18(10-7-16)22-13-11-21-12-14-22/h1-4,6-7,9-10,21H,5,8,11-15H2,(H,23,24). The van der Waals surface area contributed by atoms with E-state index >= 15 is 0 Å². The maximum atomic E-state index is 10.7. The van der Waals surface area contributed by atoms with Crippen LogP contribution in [0.2, 0.25) is 0 Å². The van der Waals surface area contributed by atoms with Gasteiger partial charge in [-0.25, -0.2) is 4.79 Å². The molecule has 3 rings (SSSR count). The average molecular weight is 340 g/mol. The fourth-order valence-corrected chi connectivity index (χ4v) is 3.07. The number of anilines is 1. The van der Waals surface area contributed by atoms with Gasteiger partial charge in [-0.2, -0.15) is 0 Å². The van der Waals surface area contributed by atoms with Gasteiger partial charge in [0.25, 0.3) is 0 Å². The second-order valence-corrected chi connectivity index (χ2v) is 6.19. The van der Waals surface area contributed by atoms with Gasteiger partial charge in [0, 0.05) is 31.9 Å². The third-order valence-electron chi connectivity index (χ3n) is 4.43. The summed E-state index contributed by atoms with van der Waals surface area (Å²) >= 11 is 0. The van der Waals surface area contributed by atoms with E-state index in [1.54, 1.807) is 0 Å². The van der Waals surface area contributed by atoms with E-state index in [1.807, 2.05) is 24.3 Å². The van der Waals surface area contributed by atoms with Crippen LogP contribution in [-0.4, -0.2) is 43.9 Å². The summed E-state index contributed by atoms with van der Waals surface area (Å²) in [6, 6.07) is 16.4. The maximum Gasteiger partial charge on any atom is 0.341 e. The number of aryl methyl sites for hydroxylation is 2. The molecule has 0 bridgehead atoms. The van der Waals surface area contributed by atoms with Crippen molar-refractivity contribution in [3.05, 3.63) is 59.7 Å². The first-order valence-corrected chi connectivity index (χ1v) is 8.69. The summed E-state index contributed by atoms with van der Waals surface area (Å²) in [6.45, 7) is 3.86. The van der Waals surface area contributed by atoms with Crippen LogP contribution in [0.25, 0.3) is 0 Å². The number of piperazine rings is 1. The Balaban J connectivity index is 1.59. The van der Waals surface area contributed by atoms with E-state index in [0.29, 0.717) is 5.75 Å². The van der Waals surface area contributed by atoms with Crippen LogP contribution in [0.4, 0.5) is 5.69 Å². The summed E-state index contributed by atoms with van der Waals surface area (Å²) in [5.74, 6) is -0.305. The second kappa shape index (κ2) is 8.53. The summed E-state index contributed by atoms with van der Waals surface area (Å²) in [5, 5.41) is 12.1. The zero-order valence-electron chi connectivity index (χ0n) is 14.3. The molecule has 1 heterocycles. The van der Waals surface area contributed by atoms with Crippen molar-refractivity contribution in [2.45, 2.75) is 12.8 Å². The number of aliphatic carboxylic acids is 1. The number of nitrogens with zero attached hydrogens (tertiary/aromatic N) is 1. The number of nitrogens with one attached hydrogen (secondary N) is 1. The highest BCUT2D eigenvalue weighted by molar-refractivity contribution is 5.68. The lowest BCUT2D eigenvalue weighted by atomic mass is 10.0. The zero-order valence-corrected chi connectivity index (χ0v) is 14.3. The molecule has 0 atom stereocenters. The quantitative estimate of drug-likeness (QED) is 0.810. The predicted molar refractivity (Wildman–Crippen MR) is 98.5 cm³/mol. The van der Waals surface area contributed by atoms with Crippen LogP contribution >= 0.6 is 0 Å². The Kier molecular flexibility index (Phi) is 5.90. The van der Waals surface area contributed by atoms with Crippen molar-refractivity contribution >= 4 is 11.7 Å². The van der Waals surface area contributed by atoms with Crippen molar-refractivity contribution in [1.82, 2.24) is 5.32 Å². The lowest BCUT2D eigenvalue weighted by molar-refractivity contribution is -0.139. The van der Waals surface area contributed by atoms with E-state index in [0.717, 1.165) is 44.6 Å². The minimum atomic E-state index is -0.960. The normalized spacial score (nSPS) is 14.3. The summed E-state index contributed by atoms with van der Waals surface area (Å²) < 4.78 is 5.37. The molecular formula is C20H24N2O3. The zero-order chi connectivity index (χ0) is 17.5. The van der Waals surface area contributed by atoms with Gasteiger partial charge in [-0.15, -0.1) is 0 Å². The fraction of sp³-hybridized carbons (Fsp3) is 0.350. The molecule has 0 saturated carbocycles. The fourth-order valence-electron chi connectivity index (χ4n) is 3.07. The predicted octanol–water partition coefficient (Wildman–Crippen LogP) is 2.34. The Bertz CT molecular complexity index is 694. The van der Waals surface area contributed by atoms with Crippen molar-refractivity contribution < 1.29 is 14.6 Å². The van der Waals surface area contributed by atoms with Gasteiger partial charge in [-0.3, -0.25) is 0 Å². The number of benzene rings is 2. The van der Waals surface area contributed by atoms with Gasteiger partial charge in [0.1, 0.15) is 5.75 Å². The molecule has 2 N–H and O–H groups in total. The van der Waals surface area contributed by atoms with Crippen molar-refractivity contribution in [2.75, 3.05) is 37.7 Å². The first-order valence-electron chi connectivity index (χ1n) is 8.69. The van der Waals surface area contributed by atoms with Gasteiger partial charge in [0.2, 0.25) is 0 Å². The van der Waals surface area contributed by atoms with E-state index in [1.165, 1.54) is 11.3 Å². The number of carbonyl (C=O) groups is 1. The average Bonchev–Trinajstić information content (AvgIpc) is 2.66. The highest BCUT2D eigenvalue weighted by Crippen LogP contribution is 2.21. The molecule has 2 aromatic carbocycles. The molecule has 0 amide bonds. The second-order valence-electron chi connectivity index (χ2n) is 6.19. The summed E-state index contributed by atoms with van der Waals surface area (Å²) in [4.78, 5) is 13.1. The number of hydrogen-bond donors (Lipinski definition) is 2. The molecular weight excluding hydrogens is 316 g/mol. The minimum absolute atomic E-state index is 0.309. The van der Waals surface area contributed by atoms with E-state index in [2.05, 4.69) is 34.5 Å². The SMILES string of the molecule is O=C(O)COc1ccccc1CCc1ccc(N2CCNCC2)cc1. The largest absolute Gasteiger partial charge is 0.482 e. The molecule has 0 radical (unpaired) electrons. The van der Waals surface area contributed by atoms with Crippen molar-refractivity contribution in [3.63, 3.8) is 0 Å². The molecule has 2 aromatic rings. The third kappa shape index (κ3) is 4.97. The van der Waals surface area contributed by atoms with Gasteiger partial charge < -0.3 is 20.1 Å². The Morgan fingerprint density at radius 1 is 1.04 bits per heavy atom.